The molecule has 0 fully saturated rings. The number of imidazole rings is 1. The molecule has 3 aromatic carbocycles. The smallest absolute Gasteiger partial charge is 0.317 e. The average Bonchev–Trinajstić information content (AvgIpc) is 3.29. The van der Waals surface area contributed by atoms with Crippen LogP contribution in [0, 0.1) is 0 Å². The molecule has 0 aliphatic heterocycles. The van der Waals surface area contributed by atoms with Gasteiger partial charge in [0, 0.05) is 26.7 Å². The molecule has 176 valence electrons. The minimum absolute atomic E-state index is 0.102. The maximum absolute atomic E-state index is 12.5. The molecule has 0 unspecified atom stereocenters. The summed E-state index contributed by atoms with van der Waals surface area (Å²) in [7, 11) is 5.03. The zero-order chi connectivity index (χ0) is 23.9. The van der Waals surface area contributed by atoms with Crippen LogP contribution >= 0.6 is 0 Å². The number of nitrogens with one attached hydrogen (secondary N) is 1. The summed E-state index contributed by atoms with van der Waals surface area (Å²) in [6.45, 7) is 1.83. The molecule has 0 aliphatic carbocycles. The van der Waals surface area contributed by atoms with E-state index in [1.165, 1.54) is 5.56 Å². The van der Waals surface area contributed by atoms with Crippen molar-refractivity contribution in [1.82, 2.24) is 19.8 Å². The first-order valence-corrected chi connectivity index (χ1v) is 11.2. The Labute approximate surface area is 199 Å². The number of fused-ring (bicyclic) bond motifs is 1. The van der Waals surface area contributed by atoms with E-state index in [1.807, 2.05) is 42.7 Å². The van der Waals surface area contributed by atoms with Crippen LogP contribution in [0.3, 0.4) is 0 Å². The van der Waals surface area contributed by atoms with Crippen molar-refractivity contribution >= 4 is 17.1 Å². The summed E-state index contributed by atoms with van der Waals surface area (Å²) in [5.74, 6) is 1.39. The van der Waals surface area contributed by atoms with Gasteiger partial charge in [-0.1, -0.05) is 42.5 Å². The topological polar surface area (TPSA) is 68.6 Å². The fraction of sp³-hybridized carbons (Fsp3) is 0.259. The molecule has 4 aromatic rings. The molecule has 0 saturated heterocycles. The highest BCUT2D eigenvalue weighted by molar-refractivity contribution is 5.75. The molecule has 1 aromatic heterocycles. The van der Waals surface area contributed by atoms with Crippen molar-refractivity contribution in [3.8, 4) is 11.5 Å². The van der Waals surface area contributed by atoms with Crippen molar-refractivity contribution in [3.63, 3.8) is 0 Å². The van der Waals surface area contributed by atoms with Gasteiger partial charge < -0.3 is 24.3 Å². The standard InChI is InChI=1S/C27H30N4O3/c1-30(15-14-20-12-13-25(33-2)26(16-20)34-3)27(32)28-17-21-8-10-22(11-9-21)18-31-19-29-23-6-4-5-7-24(23)31/h4-13,16,19H,14-15,17-18H2,1-3H3,(H,28,32). The van der Waals surface area contributed by atoms with Crippen LogP contribution in [0.2, 0.25) is 0 Å². The highest BCUT2D eigenvalue weighted by Gasteiger charge is 2.10. The van der Waals surface area contributed by atoms with Crippen molar-refractivity contribution in [2.24, 2.45) is 0 Å². The molecule has 4 rings (SSSR count). The highest BCUT2D eigenvalue weighted by Crippen LogP contribution is 2.27. The van der Waals surface area contributed by atoms with Crippen molar-refractivity contribution in [3.05, 3.63) is 89.7 Å². The van der Waals surface area contributed by atoms with Crippen LogP contribution in [-0.2, 0) is 19.5 Å². The zero-order valence-electron chi connectivity index (χ0n) is 19.8. The predicted molar refractivity (Wildman–Crippen MR) is 133 cm³/mol. The summed E-state index contributed by atoms with van der Waals surface area (Å²) in [5, 5.41) is 2.99. The average molecular weight is 459 g/mol. The Morgan fingerprint density at radius 2 is 1.65 bits per heavy atom. The van der Waals surface area contributed by atoms with Crippen molar-refractivity contribution in [1.29, 1.82) is 0 Å². The van der Waals surface area contributed by atoms with Crippen LogP contribution in [0.5, 0.6) is 11.5 Å². The lowest BCUT2D eigenvalue weighted by Gasteiger charge is -2.18. The molecule has 0 radical (unpaired) electrons. The van der Waals surface area contributed by atoms with Crippen LogP contribution in [0.25, 0.3) is 11.0 Å². The summed E-state index contributed by atoms with van der Waals surface area (Å²) in [6.07, 6.45) is 2.60. The monoisotopic (exact) mass is 458 g/mol. The van der Waals surface area contributed by atoms with Gasteiger partial charge in [0.1, 0.15) is 0 Å². The van der Waals surface area contributed by atoms with E-state index in [4.69, 9.17) is 9.47 Å². The minimum atomic E-state index is -0.102. The first kappa shape index (κ1) is 23.2. The van der Waals surface area contributed by atoms with Crippen LogP contribution in [0.1, 0.15) is 16.7 Å². The summed E-state index contributed by atoms with van der Waals surface area (Å²) in [4.78, 5) is 18.7. The lowest BCUT2D eigenvalue weighted by molar-refractivity contribution is 0.209. The normalized spacial score (nSPS) is 10.8. The second kappa shape index (κ2) is 10.7. The number of urea groups is 1. The molecule has 0 aliphatic rings. The SMILES string of the molecule is COc1ccc(CCN(C)C(=O)NCc2ccc(Cn3cnc4ccccc43)cc2)cc1OC. The predicted octanol–water partition coefficient (Wildman–Crippen LogP) is 4.49. The van der Waals surface area contributed by atoms with Crippen LogP contribution in [0.15, 0.2) is 73.1 Å². The molecule has 0 spiro atoms. The number of hydrogen-bond acceptors (Lipinski definition) is 4. The fourth-order valence-electron chi connectivity index (χ4n) is 3.84. The van der Waals surface area contributed by atoms with E-state index in [-0.39, 0.29) is 6.03 Å². The fourth-order valence-corrected chi connectivity index (χ4v) is 3.84. The van der Waals surface area contributed by atoms with Gasteiger partial charge in [-0.25, -0.2) is 9.78 Å². The second-order valence-corrected chi connectivity index (χ2v) is 8.20. The Morgan fingerprint density at radius 1 is 0.941 bits per heavy atom. The number of para-hydroxylation sites is 2. The number of ether oxygens (including phenoxy) is 2. The quantitative estimate of drug-likeness (QED) is 0.401. The van der Waals surface area contributed by atoms with E-state index in [0.29, 0.717) is 24.6 Å². The molecular formula is C27H30N4O3. The molecule has 1 N–H and O–H groups in total. The number of carbonyl (C=O) groups excluding carboxylic acids is 1. The van der Waals surface area contributed by atoms with E-state index in [0.717, 1.165) is 35.1 Å². The van der Waals surface area contributed by atoms with Gasteiger partial charge in [0.25, 0.3) is 0 Å². The molecular weight excluding hydrogens is 428 g/mol. The number of methoxy groups -OCH3 is 2. The molecule has 7 nitrogen and oxygen atoms in total. The summed E-state index contributed by atoms with van der Waals surface area (Å²) < 4.78 is 12.8. The highest BCUT2D eigenvalue weighted by atomic mass is 16.5. The van der Waals surface area contributed by atoms with E-state index in [1.54, 1.807) is 26.2 Å². The van der Waals surface area contributed by atoms with Gasteiger partial charge in [-0.2, -0.15) is 0 Å². The Kier molecular flexibility index (Phi) is 7.32. The Balaban J connectivity index is 1.26. The largest absolute Gasteiger partial charge is 0.493 e. The third kappa shape index (κ3) is 5.49. The van der Waals surface area contributed by atoms with Crippen molar-refractivity contribution < 1.29 is 14.3 Å². The molecule has 7 heteroatoms. The first-order valence-electron chi connectivity index (χ1n) is 11.2. The molecule has 0 atom stereocenters. The van der Waals surface area contributed by atoms with Gasteiger partial charge in [-0.15, -0.1) is 0 Å². The van der Waals surface area contributed by atoms with Gasteiger partial charge >= 0.3 is 6.03 Å². The van der Waals surface area contributed by atoms with Crippen molar-refractivity contribution in [2.75, 3.05) is 27.8 Å². The van der Waals surface area contributed by atoms with Crippen LogP contribution in [0.4, 0.5) is 4.79 Å². The number of rotatable bonds is 9. The van der Waals surface area contributed by atoms with E-state index >= 15 is 0 Å². The lowest BCUT2D eigenvalue weighted by Crippen LogP contribution is -2.37. The number of nitrogens with zero attached hydrogens (tertiary/aromatic N) is 3. The third-order valence-electron chi connectivity index (χ3n) is 5.88. The Morgan fingerprint density at radius 3 is 2.41 bits per heavy atom. The third-order valence-corrected chi connectivity index (χ3v) is 5.88. The molecule has 0 bridgehead atoms. The lowest BCUT2D eigenvalue weighted by atomic mass is 10.1. The summed E-state index contributed by atoms with van der Waals surface area (Å²) >= 11 is 0. The number of aromatic nitrogens is 2. The maximum atomic E-state index is 12.5. The Hall–Kier alpha value is -4.00. The first-order chi connectivity index (χ1) is 16.6. The van der Waals surface area contributed by atoms with Crippen molar-refractivity contribution in [2.45, 2.75) is 19.5 Å². The van der Waals surface area contributed by atoms with Gasteiger partial charge in [-0.05, 0) is 47.4 Å². The van der Waals surface area contributed by atoms with Gasteiger partial charge in [0.2, 0.25) is 0 Å². The minimum Gasteiger partial charge on any atom is -0.493 e. The molecule has 2 amide bonds. The second-order valence-electron chi connectivity index (χ2n) is 8.20. The number of benzene rings is 3. The van der Waals surface area contributed by atoms with Gasteiger partial charge in [-0.3, -0.25) is 0 Å². The number of hydrogen-bond donors (Lipinski definition) is 1. The molecule has 0 saturated carbocycles. The van der Waals surface area contributed by atoms with Gasteiger partial charge in [0.15, 0.2) is 11.5 Å². The Bertz CT molecular complexity index is 1250. The zero-order valence-corrected chi connectivity index (χ0v) is 19.8. The maximum Gasteiger partial charge on any atom is 0.317 e. The van der Waals surface area contributed by atoms with E-state index < -0.39 is 0 Å². The number of amides is 2. The van der Waals surface area contributed by atoms with Crippen LogP contribution in [-0.4, -0.2) is 48.3 Å². The van der Waals surface area contributed by atoms with Gasteiger partial charge in [0.05, 0.1) is 31.6 Å². The van der Waals surface area contributed by atoms with Crippen LogP contribution < -0.4 is 14.8 Å². The number of likely N-dealkylation sites (N-methyl/N-ethyl adjacent to an activating group) is 1. The number of carbonyl (C=O) groups is 1. The molecule has 1 heterocycles. The molecule has 34 heavy (non-hydrogen) atoms. The van der Waals surface area contributed by atoms with E-state index in [2.05, 4.69) is 45.2 Å². The summed E-state index contributed by atoms with van der Waals surface area (Å²) in [5.41, 5.74) is 5.44. The summed E-state index contributed by atoms with van der Waals surface area (Å²) in [6, 6.07) is 22.1. The van der Waals surface area contributed by atoms with E-state index in [9.17, 15) is 4.79 Å².